The van der Waals surface area contributed by atoms with Gasteiger partial charge in [0.25, 0.3) is 0 Å². The molecule has 58 valence electrons. The maximum absolute atomic E-state index is 5.42. The minimum Gasteiger partial charge on any atom is -0.330 e. The van der Waals surface area contributed by atoms with E-state index in [1.165, 1.54) is 0 Å². The zero-order chi connectivity index (χ0) is 7.19. The molecule has 0 N–H and O–H groups in total. The summed E-state index contributed by atoms with van der Waals surface area (Å²) in [7, 11) is 1.73. The number of hydrogen-bond acceptors (Lipinski definition) is 2. The lowest BCUT2D eigenvalue weighted by Gasteiger charge is -2.21. The Hall–Kier alpha value is 0.530. The van der Waals surface area contributed by atoms with Crippen LogP contribution < -0.4 is 0 Å². The maximum atomic E-state index is 5.42. The van der Waals surface area contributed by atoms with Crippen molar-refractivity contribution in [1.29, 1.82) is 0 Å². The van der Waals surface area contributed by atoms with Gasteiger partial charge >= 0.3 is 0 Å². The lowest BCUT2D eigenvalue weighted by Crippen LogP contribution is -2.04. The van der Waals surface area contributed by atoms with Crippen LogP contribution in [0.5, 0.6) is 0 Å². The van der Waals surface area contributed by atoms with Crippen molar-refractivity contribution >= 4 is 18.4 Å². The molecule has 0 aromatic heterocycles. The van der Waals surface area contributed by atoms with Crippen LogP contribution >= 0.6 is 6.57 Å². The van der Waals surface area contributed by atoms with Crippen molar-refractivity contribution in [3.63, 3.8) is 0 Å². The van der Waals surface area contributed by atoms with E-state index in [-0.39, 0.29) is 0 Å². The highest BCUT2D eigenvalue weighted by Gasteiger charge is 2.44. The van der Waals surface area contributed by atoms with Crippen molar-refractivity contribution in [3.8, 4) is 0 Å². The first-order valence-corrected chi connectivity index (χ1v) is 6.06. The summed E-state index contributed by atoms with van der Waals surface area (Å²) < 4.78 is 9.88. The summed E-state index contributed by atoms with van der Waals surface area (Å²) in [5.74, 6) is 0. The number of nitrogens with zero attached hydrogens (tertiary/aromatic N) is 2. The topological polar surface area (TPSA) is 15.2 Å². The van der Waals surface area contributed by atoms with Gasteiger partial charge in [-0.2, -0.15) is 0 Å². The van der Waals surface area contributed by atoms with Crippen LogP contribution in [0.3, 0.4) is 0 Å². The molecule has 2 aliphatic heterocycles. The molecule has 0 saturated carbocycles. The molecule has 2 fully saturated rings. The normalized spacial score (nSPS) is 26.9. The Kier molecular flexibility index (Phi) is 1.62. The molecule has 0 spiro atoms. The fourth-order valence-electron chi connectivity index (χ4n) is 1.00. The second-order valence-corrected chi connectivity index (χ2v) is 6.49. The Bertz CT molecular complexity index is 174. The summed E-state index contributed by atoms with van der Waals surface area (Å²) in [4.78, 5) is 0. The Morgan fingerprint density at radius 3 is 1.80 bits per heavy atom. The third kappa shape index (κ3) is 1.04. The van der Waals surface area contributed by atoms with Crippen LogP contribution in [0, 0.1) is 0 Å². The predicted octanol–water partition coefficient (Wildman–Crippen LogP) is 0.489. The zero-order valence-electron chi connectivity index (χ0n) is 5.99. The van der Waals surface area contributed by atoms with Crippen LogP contribution in [0.15, 0.2) is 0 Å². The Balaban J connectivity index is 2.11. The molecule has 0 amide bonds. The number of hydrogen-bond donors (Lipinski definition) is 0. The average Bonchev–Trinajstić information content (AvgIpc) is 2.73. The molecule has 3 nitrogen and oxygen atoms in total. The first-order valence-electron chi connectivity index (χ1n) is 3.44. The molecule has 0 bridgehead atoms. The monoisotopic (exact) mass is 178 g/mol. The third-order valence-electron chi connectivity index (χ3n) is 1.80. The molecular formula is C5H11N2OPS. The van der Waals surface area contributed by atoms with E-state index in [9.17, 15) is 0 Å². The summed E-state index contributed by atoms with van der Waals surface area (Å²) in [5, 5.41) is 0. The van der Waals surface area contributed by atoms with Gasteiger partial charge < -0.3 is 4.52 Å². The Morgan fingerprint density at radius 2 is 1.60 bits per heavy atom. The van der Waals surface area contributed by atoms with Gasteiger partial charge in [0, 0.05) is 33.3 Å². The maximum Gasteiger partial charge on any atom is 0.203 e. The van der Waals surface area contributed by atoms with Gasteiger partial charge in [-0.3, -0.25) is 0 Å². The second kappa shape index (κ2) is 2.26. The second-order valence-electron chi connectivity index (χ2n) is 2.58. The molecule has 0 radical (unpaired) electrons. The minimum atomic E-state index is -1.62. The molecule has 2 rings (SSSR count). The van der Waals surface area contributed by atoms with E-state index in [0.29, 0.717) is 0 Å². The lowest BCUT2D eigenvalue weighted by molar-refractivity contribution is 0.411. The standard InChI is InChI=1S/C5H11N2OPS/c1-8-9(10,6-2-3-6)7-4-5-7/h2-5H2,1H3. The van der Waals surface area contributed by atoms with Crippen molar-refractivity contribution in [1.82, 2.24) is 9.34 Å². The van der Waals surface area contributed by atoms with Crippen LogP contribution in [0.2, 0.25) is 0 Å². The summed E-state index contributed by atoms with van der Waals surface area (Å²) in [5.41, 5.74) is 0. The third-order valence-corrected chi connectivity index (χ3v) is 6.34. The van der Waals surface area contributed by atoms with Gasteiger partial charge in [-0.1, -0.05) is 0 Å². The molecular weight excluding hydrogens is 167 g/mol. The van der Waals surface area contributed by atoms with E-state index < -0.39 is 6.57 Å². The molecule has 0 unspecified atom stereocenters. The molecule has 2 heterocycles. The van der Waals surface area contributed by atoms with E-state index in [4.69, 9.17) is 16.3 Å². The molecule has 0 aromatic carbocycles. The van der Waals surface area contributed by atoms with Crippen LogP contribution in [0.4, 0.5) is 0 Å². The first-order chi connectivity index (χ1) is 4.77. The minimum absolute atomic E-state index is 1.14. The highest BCUT2D eigenvalue weighted by molar-refractivity contribution is 8.10. The highest BCUT2D eigenvalue weighted by Crippen LogP contribution is 2.60. The summed E-state index contributed by atoms with van der Waals surface area (Å²) in [6.07, 6.45) is 0. The van der Waals surface area contributed by atoms with E-state index in [1.807, 2.05) is 0 Å². The van der Waals surface area contributed by atoms with Gasteiger partial charge in [-0.15, -0.1) is 0 Å². The number of rotatable bonds is 3. The van der Waals surface area contributed by atoms with Gasteiger partial charge in [0.05, 0.1) is 0 Å². The highest BCUT2D eigenvalue weighted by atomic mass is 32.5. The van der Waals surface area contributed by atoms with Crippen LogP contribution in [0.25, 0.3) is 0 Å². The van der Waals surface area contributed by atoms with Gasteiger partial charge in [0.15, 0.2) is 0 Å². The Labute approximate surface area is 66.1 Å². The molecule has 2 saturated heterocycles. The van der Waals surface area contributed by atoms with Gasteiger partial charge in [-0.25, -0.2) is 9.34 Å². The van der Waals surface area contributed by atoms with Crippen molar-refractivity contribution in [2.24, 2.45) is 0 Å². The smallest absolute Gasteiger partial charge is 0.203 e. The predicted molar refractivity (Wildman–Crippen MR) is 44.4 cm³/mol. The SMILES string of the molecule is COP(=S)(N1CC1)N1CC1. The molecule has 10 heavy (non-hydrogen) atoms. The van der Waals surface area contributed by atoms with Gasteiger partial charge in [0.2, 0.25) is 6.57 Å². The summed E-state index contributed by atoms with van der Waals surface area (Å²) in [6.45, 7) is 2.94. The van der Waals surface area contributed by atoms with Crippen molar-refractivity contribution in [2.75, 3.05) is 33.3 Å². The fourth-order valence-corrected chi connectivity index (χ4v) is 3.99. The van der Waals surface area contributed by atoms with Crippen molar-refractivity contribution in [2.45, 2.75) is 0 Å². The molecule has 0 aromatic rings. The van der Waals surface area contributed by atoms with Crippen molar-refractivity contribution < 1.29 is 4.52 Å². The quantitative estimate of drug-likeness (QED) is 0.461. The first kappa shape index (κ1) is 7.19. The largest absolute Gasteiger partial charge is 0.330 e. The molecule has 5 heteroatoms. The Morgan fingerprint density at radius 1 is 1.20 bits per heavy atom. The van der Waals surface area contributed by atoms with Gasteiger partial charge in [-0.05, 0) is 11.8 Å². The van der Waals surface area contributed by atoms with E-state index in [1.54, 1.807) is 7.11 Å². The zero-order valence-corrected chi connectivity index (χ0v) is 7.70. The van der Waals surface area contributed by atoms with Crippen molar-refractivity contribution in [3.05, 3.63) is 0 Å². The molecule has 2 aliphatic rings. The van der Waals surface area contributed by atoms with E-state index in [0.717, 1.165) is 26.2 Å². The van der Waals surface area contributed by atoms with Crippen LogP contribution in [-0.2, 0) is 16.3 Å². The fraction of sp³-hybridized carbons (Fsp3) is 1.00. The average molecular weight is 178 g/mol. The van der Waals surface area contributed by atoms with Crippen LogP contribution in [-0.4, -0.2) is 42.6 Å². The van der Waals surface area contributed by atoms with E-state index >= 15 is 0 Å². The summed E-state index contributed by atoms with van der Waals surface area (Å²) >= 11 is 5.42. The molecule has 0 atom stereocenters. The summed E-state index contributed by atoms with van der Waals surface area (Å²) in [6, 6.07) is 0. The van der Waals surface area contributed by atoms with E-state index in [2.05, 4.69) is 9.34 Å². The lowest BCUT2D eigenvalue weighted by atomic mass is 11.0. The van der Waals surface area contributed by atoms with Crippen LogP contribution in [0.1, 0.15) is 0 Å². The van der Waals surface area contributed by atoms with Gasteiger partial charge in [0.1, 0.15) is 0 Å². The molecule has 0 aliphatic carbocycles.